The van der Waals surface area contributed by atoms with E-state index in [9.17, 15) is 26.4 Å². The lowest BCUT2D eigenvalue weighted by atomic mass is 10.1. The molecule has 0 spiro atoms. The molecule has 2 saturated heterocycles. The SMILES string of the molecule is CC(=O)Nc1ccc(S(=O)(=O)N2CCN(c3nc(Cc4ccc(C)cc4)ns3)CC2)cc1.CC(=O)Nc1ccc(S(=O)(=O)N2CCN(c3nc(Cc4ccc(C)cc4)ns3)CC2C)cc1. The lowest BCUT2D eigenvalue weighted by Gasteiger charge is -2.38. The molecule has 0 radical (unpaired) electrons. The first-order valence-electron chi connectivity index (χ1n) is 21.1. The largest absolute Gasteiger partial charge is 0.344 e. The number of sulfonamides is 2. The molecule has 0 saturated carbocycles. The fraction of sp³-hybridized carbons (Fsp3) is 0.333. The first-order chi connectivity index (χ1) is 31.0. The highest BCUT2D eigenvalue weighted by Crippen LogP contribution is 2.28. The molecule has 2 amide bonds. The number of aromatic nitrogens is 4. The number of aryl methyl sites for hydroxylation is 2. The van der Waals surface area contributed by atoms with Gasteiger partial charge in [-0.3, -0.25) is 9.59 Å². The third-order valence-corrected chi connectivity index (χ3v) is 16.4. The number of piperazine rings is 2. The van der Waals surface area contributed by atoms with Crippen molar-refractivity contribution >= 4 is 76.6 Å². The Labute approximate surface area is 388 Å². The van der Waals surface area contributed by atoms with Gasteiger partial charge < -0.3 is 20.4 Å². The summed E-state index contributed by atoms with van der Waals surface area (Å²) >= 11 is 2.71. The molecular weight excluding hydrogens is 905 g/mol. The molecule has 8 rings (SSSR count). The minimum atomic E-state index is -3.64. The molecule has 2 aliphatic rings. The minimum absolute atomic E-state index is 0.199. The van der Waals surface area contributed by atoms with E-state index in [1.165, 1.54) is 92.0 Å². The van der Waals surface area contributed by atoms with E-state index >= 15 is 0 Å². The smallest absolute Gasteiger partial charge is 0.243 e. The number of hydrogen-bond acceptors (Lipinski definition) is 14. The van der Waals surface area contributed by atoms with Crippen LogP contribution in [0, 0.1) is 13.8 Å². The van der Waals surface area contributed by atoms with E-state index in [0.717, 1.165) is 21.9 Å². The number of carbonyl (C=O) groups excluding carboxylic acids is 2. The number of rotatable bonds is 12. The summed E-state index contributed by atoms with van der Waals surface area (Å²) < 4.78 is 64.4. The molecule has 2 fully saturated rings. The van der Waals surface area contributed by atoms with Gasteiger partial charge in [0.25, 0.3) is 0 Å². The summed E-state index contributed by atoms with van der Waals surface area (Å²) in [5.41, 5.74) is 5.91. The van der Waals surface area contributed by atoms with Crippen LogP contribution >= 0.6 is 23.1 Å². The second-order valence-corrected chi connectivity index (χ2v) is 21.3. The van der Waals surface area contributed by atoms with Crippen LogP contribution < -0.4 is 20.4 Å². The van der Waals surface area contributed by atoms with Crippen LogP contribution in [0.4, 0.5) is 21.6 Å². The quantitative estimate of drug-likeness (QED) is 0.141. The Morgan fingerprint density at radius 2 is 1.00 bits per heavy atom. The molecule has 342 valence electrons. The highest BCUT2D eigenvalue weighted by Gasteiger charge is 2.35. The fourth-order valence-corrected chi connectivity index (χ4v) is 11.9. The topological polar surface area (TPSA) is 191 Å². The Kier molecular flexibility index (Phi) is 15.1. The highest BCUT2D eigenvalue weighted by molar-refractivity contribution is 7.89. The maximum atomic E-state index is 13.2. The Hall–Kier alpha value is -5.64. The predicted octanol–water partition coefficient (Wildman–Crippen LogP) is 6.20. The normalized spacial score (nSPS) is 16.1. The zero-order valence-corrected chi connectivity index (χ0v) is 40.1. The van der Waals surface area contributed by atoms with Gasteiger partial charge in [-0.1, -0.05) is 59.7 Å². The second-order valence-electron chi connectivity index (χ2n) is 16.0. The summed E-state index contributed by atoms with van der Waals surface area (Å²) in [6.07, 6.45) is 1.36. The second kappa shape index (κ2) is 20.7. The van der Waals surface area contributed by atoms with Gasteiger partial charge in [-0.05, 0) is 80.4 Å². The van der Waals surface area contributed by atoms with Gasteiger partial charge in [0.05, 0.1) is 9.79 Å². The summed E-state index contributed by atoms with van der Waals surface area (Å²) in [6.45, 7) is 12.2. The van der Waals surface area contributed by atoms with E-state index in [1.54, 1.807) is 24.3 Å². The lowest BCUT2D eigenvalue weighted by Crippen LogP contribution is -2.54. The minimum Gasteiger partial charge on any atom is -0.344 e. The van der Waals surface area contributed by atoms with Gasteiger partial charge in [0.15, 0.2) is 0 Å². The fourth-order valence-electron chi connectivity index (χ4n) is 7.37. The van der Waals surface area contributed by atoms with Crippen molar-refractivity contribution in [2.24, 2.45) is 0 Å². The van der Waals surface area contributed by atoms with Crippen molar-refractivity contribution in [1.29, 1.82) is 0 Å². The highest BCUT2D eigenvalue weighted by atomic mass is 32.2. The molecule has 1 atom stereocenters. The molecule has 2 N–H and O–H groups in total. The van der Waals surface area contributed by atoms with Crippen LogP contribution in [-0.2, 0) is 42.5 Å². The van der Waals surface area contributed by atoms with E-state index in [2.05, 4.69) is 96.5 Å². The van der Waals surface area contributed by atoms with Crippen molar-refractivity contribution in [2.75, 3.05) is 66.2 Å². The number of hydrogen-bond donors (Lipinski definition) is 2. The van der Waals surface area contributed by atoms with Gasteiger partial charge >= 0.3 is 0 Å². The monoisotopic (exact) mass is 956 g/mol. The number of carbonyl (C=O) groups is 2. The molecule has 1 unspecified atom stereocenters. The van der Waals surface area contributed by atoms with E-state index in [4.69, 9.17) is 4.98 Å². The van der Waals surface area contributed by atoms with Gasteiger partial charge in [-0.15, -0.1) is 0 Å². The Bertz CT molecular complexity index is 2790. The molecule has 0 bridgehead atoms. The summed E-state index contributed by atoms with van der Waals surface area (Å²) in [5.74, 6) is 1.16. The summed E-state index contributed by atoms with van der Waals surface area (Å²) in [7, 11) is -7.23. The molecule has 4 heterocycles. The van der Waals surface area contributed by atoms with Crippen LogP contribution in [0.1, 0.15) is 54.7 Å². The third kappa shape index (κ3) is 12.2. The van der Waals surface area contributed by atoms with Crippen LogP contribution in [0.25, 0.3) is 0 Å². The molecule has 6 aromatic rings. The molecule has 16 nitrogen and oxygen atoms in total. The first kappa shape index (κ1) is 47.3. The molecule has 0 aliphatic carbocycles. The molecule has 4 aromatic carbocycles. The van der Waals surface area contributed by atoms with Crippen molar-refractivity contribution < 1.29 is 26.4 Å². The van der Waals surface area contributed by atoms with Crippen LogP contribution in [0.2, 0.25) is 0 Å². The molecule has 20 heteroatoms. The summed E-state index contributed by atoms with van der Waals surface area (Å²) in [6, 6.07) is 29.0. The molecule has 2 aliphatic heterocycles. The average Bonchev–Trinajstić information content (AvgIpc) is 3.96. The predicted molar refractivity (Wildman–Crippen MR) is 256 cm³/mol. The molecule has 2 aromatic heterocycles. The number of nitrogens with zero attached hydrogens (tertiary/aromatic N) is 8. The standard InChI is InChI=1S/C23H27N5O3S2.C22H25N5O3S2/c1-16-4-6-19(7-5-16)14-22-25-23(32-26-22)27-12-13-28(17(2)15-27)33(30,31)21-10-8-20(9-11-21)24-18(3)29;1-16-3-5-18(6-4-16)15-21-24-22(31-25-21)26-11-13-27(14-12-26)32(29,30)20-9-7-19(8-10-20)23-17(2)28/h4-11,17H,12-15H2,1-3H3,(H,24,29);3-10H,11-15H2,1-2H3,(H,23,28). The maximum Gasteiger partial charge on any atom is 0.243 e. The Morgan fingerprint density at radius 1 is 0.585 bits per heavy atom. The Morgan fingerprint density at radius 3 is 1.43 bits per heavy atom. The number of amides is 2. The van der Waals surface area contributed by atoms with Gasteiger partial charge in [-0.2, -0.15) is 17.4 Å². The van der Waals surface area contributed by atoms with Gasteiger partial charge in [-0.25, -0.2) is 26.8 Å². The summed E-state index contributed by atoms with van der Waals surface area (Å²) in [4.78, 5) is 36.3. The summed E-state index contributed by atoms with van der Waals surface area (Å²) in [5, 5.41) is 6.93. The van der Waals surface area contributed by atoms with Gasteiger partial charge in [0, 0.05) is 113 Å². The first-order valence-corrected chi connectivity index (χ1v) is 25.5. The lowest BCUT2D eigenvalue weighted by molar-refractivity contribution is -0.115. The van der Waals surface area contributed by atoms with Gasteiger partial charge in [0.1, 0.15) is 11.6 Å². The van der Waals surface area contributed by atoms with Crippen molar-refractivity contribution in [3.05, 3.63) is 131 Å². The van der Waals surface area contributed by atoms with E-state index in [1.807, 2.05) is 6.92 Å². The third-order valence-electron chi connectivity index (χ3n) is 10.8. The van der Waals surface area contributed by atoms with Crippen LogP contribution in [-0.4, -0.2) is 108 Å². The number of benzene rings is 4. The van der Waals surface area contributed by atoms with Crippen molar-refractivity contribution in [3.63, 3.8) is 0 Å². The van der Waals surface area contributed by atoms with Crippen molar-refractivity contribution in [1.82, 2.24) is 27.3 Å². The van der Waals surface area contributed by atoms with Crippen molar-refractivity contribution in [2.45, 2.75) is 63.3 Å². The van der Waals surface area contributed by atoms with Gasteiger partial charge in [0.2, 0.25) is 42.1 Å². The molecule has 65 heavy (non-hydrogen) atoms. The van der Waals surface area contributed by atoms with E-state index in [-0.39, 0.29) is 27.6 Å². The number of nitrogens with one attached hydrogen (secondary N) is 2. The van der Waals surface area contributed by atoms with Crippen LogP contribution in [0.5, 0.6) is 0 Å². The number of anilines is 4. The van der Waals surface area contributed by atoms with Crippen LogP contribution in [0.15, 0.2) is 107 Å². The Balaban J connectivity index is 0.000000194. The zero-order valence-electron chi connectivity index (χ0n) is 36.8. The maximum absolute atomic E-state index is 13.2. The van der Waals surface area contributed by atoms with E-state index in [0.29, 0.717) is 70.0 Å². The molecular formula is C45H52N10O6S4. The average molecular weight is 957 g/mol. The van der Waals surface area contributed by atoms with Crippen LogP contribution in [0.3, 0.4) is 0 Å². The van der Waals surface area contributed by atoms with E-state index < -0.39 is 20.0 Å². The van der Waals surface area contributed by atoms with Crippen molar-refractivity contribution in [3.8, 4) is 0 Å². The zero-order chi connectivity index (χ0) is 46.3.